The first-order valence-electron chi connectivity index (χ1n) is 11.0. The number of nitrogens with one attached hydrogen (secondary N) is 1. The first-order valence-corrected chi connectivity index (χ1v) is 11.0. The molecule has 0 fully saturated rings. The van der Waals surface area contributed by atoms with Gasteiger partial charge in [-0.1, -0.05) is 91.0 Å². The van der Waals surface area contributed by atoms with E-state index in [1.54, 1.807) is 6.26 Å². The second-order valence-electron chi connectivity index (χ2n) is 8.11. The highest BCUT2D eigenvalue weighted by Gasteiger charge is 2.16. The van der Waals surface area contributed by atoms with Gasteiger partial charge in [0.15, 0.2) is 0 Å². The molecule has 0 saturated carbocycles. The summed E-state index contributed by atoms with van der Waals surface area (Å²) < 4.78 is 5.74. The summed E-state index contributed by atoms with van der Waals surface area (Å²) >= 11 is 0. The van der Waals surface area contributed by atoms with Crippen LogP contribution in [-0.4, -0.2) is 12.5 Å². The molecular formula is C29H25NO2. The Morgan fingerprint density at radius 2 is 1.44 bits per heavy atom. The molecule has 0 atom stereocenters. The van der Waals surface area contributed by atoms with Gasteiger partial charge in [-0.15, -0.1) is 0 Å². The van der Waals surface area contributed by atoms with E-state index < -0.39 is 0 Å². The third kappa shape index (κ3) is 4.15. The molecule has 0 bridgehead atoms. The first kappa shape index (κ1) is 20.1. The minimum atomic E-state index is 0.0144. The van der Waals surface area contributed by atoms with Crippen molar-refractivity contribution >= 4 is 27.6 Å². The van der Waals surface area contributed by atoms with Crippen LogP contribution in [0, 0.1) is 0 Å². The van der Waals surface area contributed by atoms with Crippen LogP contribution in [0.3, 0.4) is 0 Å². The lowest BCUT2D eigenvalue weighted by Crippen LogP contribution is -2.27. The van der Waals surface area contributed by atoms with Crippen LogP contribution in [0.25, 0.3) is 21.7 Å². The average Bonchev–Trinajstić information content (AvgIpc) is 3.26. The Hall–Kier alpha value is -3.85. The maximum absolute atomic E-state index is 12.8. The SMILES string of the molecule is O=C(Cc1coc2ccc3ccccc3c12)NCCC(c1ccccc1)c1ccccc1. The first-order chi connectivity index (χ1) is 15.8. The number of furan rings is 1. The maximum atomic E-state index is 12.8. The summed E-state index contributed by atoms with van der Waals surface area (Å²) in [6.07, 6.45) is 2.87. The normalized spacial score (nSPS) is 11.3. The predicted molar refractivity (Wildman–Crippen MR) is 130 cm³/mol. The van der Waals surface area contributed by atoms with E-state index in [9.17, 15) is 4.79 Å². The Morgan fingerprint density at radius 3 is 2.16 bits per heavy atom. The van der Waals surface area contributed by atoms with Gasteiger partial charge in [-0.25, -0.2) is 0 Å². The highest BCUT2D eigenvalue weighted by molar-refractivity contribution is 6.08. The highest BCUT2D eigenvalue weighted by Crippen LogP contribution is 2.30. The molecule has 0 aliphatic carbocycles. The molecule has 3 heteroatoms. The van der Waals surface area contributed by atoms with Gasteiger partial charge >= 0.3 is 0 Å². The van der Waals surface area contributed by atoms with Gasteiger partial charge in [-0.05, 0) is 34.4 Å². The predicted octanol–water partition coefficient (Wildman–Crippen LogP) is 6.47. The Bertz CT molecular complexity index is 1300. The van der Waals surface area contributed by atoms with Crippen LogP contribution in [0.5, 0.6) is 0 Å². The molecular weight excluding hydrogens is 394 g/mol. The fraction of sp³-hybridized carbons (Fsp3) is 0.138. The Morgan fingerprint density at radius 1 is 0.781 bits per heavy atom. The summed E-state index contributed by atoms with van der Waals surface area (Å²) in [5, 5.41) is 6.43. The molecule has 1 N–H and O–H groups in total. The van der Waals surface area contributed by atoms with Crippen LogP contribution in [0.2, 0.25) is 0 Å². The number of fused-ring (bicyclic) bond motifs is 3. The molecule has 158 valence electrons. The van der Waals surface area contributed by atoms with Crippen LogP contribution in [0.1, 0.15) is 29.0 Å². The van der Waals surface area contributed by atoms with Crippen molar-refractivity contribution in [3.63, 3.8) is 0 Å². The van der Waals surface area contributed by atoms with Crippen molar-refractivity contribution in [2.75, 3.05) is 6.54 Å². The maximum Gasteiger partial charge on any atom is 0.224 e. The molecule has 3 nitrogen and oxygen atoms in total. The van der Waals surface area contributed by atoms with Crippen molar-refractivity contribution in [1.29, 1.82) is 0 Å². The molecule has 0 unspecified atom stereocenters. The number of hydrogen-bond acceptors (Lipinski definition) is 2. The van der Waals surface area contributed by atoms with E-state index in [2.05, 4.69) is 72.0 Å². The van der Waals surface area contributed by atoms with E-state index in [0.717, 1.165) is 33.7 Å². The topological polar surface area (TPSA) is 42.2 Å². The van der Waals surface area contributed by atoms with Crippen LogP contribution in [0.15, 0.2) is 108 Å². The van der Waals surface area contributed by atoms with Crippen molar-refractivity contribution in [3.8, 4) is 0 Å². The summed E-state index contributed by atoms with van der Waals surface area (Å²) in [4.78, 5) is 12.8. The smallest absolute Gasteiger partial charge is 0.224 e. The van der Waals surface area contributed by atoms with Crippen LogP contribution >= 0.6 is 0 Å². The zero-order valence-corrected chi connectivity index (χ0v) is 17.8. The van der Waals surface area contributed by atoms with Gasteiger partial charge in [0.25, 0.3) is 0 Å². The van der Waals surface area contributed by atoms with Gasteiger partial charge in [-0.2, -0.15) is 0 Å². The molecule has 32 heavy (non-hydrogen) atoms. The van der Waals surface area contributed by atoms with Gasteiger partial charge in [0.05, 0.1) is 12.7 Å². The fourth-order valence-corrected chi connectivity index (χ4v) is 4.49. The van der Waals surface area contributed by atoms with E-state index in [0.29, 0.717) is 13.0 Å². The van der Waals surface area contributed by atoms with E-state index in [1.165, 1.54) is 11.1 Å². The van der Waals surface area contributed by atoms with Gasteiger partial charge in [-0.3, -0.25) is 4.79 Å². The highest BCUT2D eigenvalue weighted by atomic mass is 16.3. The van der Waals surface area contributed by atoms with E-state index in [4.69, 9.17) is 4.42 Å². The molecule has 0 aliphatic heterocycles. The lowest BCUT2D eigenvalue weighted by Gasteiger charge is -2.18. The zero-order chi connectivity index (χ0) is 21.8. The lowest BCUT2D eigenvalue weighted by molar-refractivity contribution is -0.120. The zero-order valence-electron chi connectivity index (χ0n) is 17.8. The standard InChI is InChI=1S/C29H25NO2/c31-28(19-24-20-32-27-16-15-23-13-7-8-14-26(23)29(24)27)30-18-17-25(21-9-3-1-4-10-21)22-11-5-2-6-12-22/h1-16,20,25H,17-19H2,(H,30,31). The molecule has 1 amide bonds. The largest absolute Gasteiger partial charge is 0.464 e. The minimum Gasteiger partial charge on any atom is -0.464 e. The Kier molecular flexibility index (Phi) is 5.71. The Balaban J connectivity index is 1.29. The van der Waals surface area contributed by atoms with Crippen molar-refractivity contribution in [1.82, 2.24) is 5.32 Å². The van der Waals surface area contributed by atoms with Gasteiger partial charge in [0, 0.05) is 23.4 Å². The molecule has 1 aromatic heterocycles. The second-order valence-corrected chi connectivity index (χ2v) is 8.11. The van der Waals surface area contributed by atoms with E-state index in [-0.39, 0.29) is 11.8 Å². The van der Waals surface area contributed by atoms with Crippen molar-refractivity contribution in [2.45, 2.75) is 18.8 Å². The number of benzene rings is 4. The van der Waals surface area contributed by atoms with Crippen molar-refractivity contribution in [2.24, 2.45) is 0 Å². The van der Waals surface area contributed by atoms with Gasteiger partial charge in [0.1, 0.15) is 5.58 Å². The number of carbonyl (C=O) groups is 1. The van der Waals surface area contributed by atoms with Crippen molar-refractivity contribution in [3.05, 3.63) is 120 Å². The summed E-state index contributed by atoms with van der Waals surface area (Å²) in [6.45, 7) is 0.615. The monoisotopic (exact) mass is 419 g/mol. The molecule has 1 heterocycles. The molecule has 5 aromatic rings. The molecule has 0 spiro atoms. The summed E-state index contributed by atoms with van der Waals surface area (Å²) in [5.74, 6) is 0.261. The lowest BCUT2D eigenvalue weighted by atomic mass is 9.88. The molecule has 4 aromatic carbocycles. The molecule has 0 saturated heterocycles. The van der Waals surface area contributed by atoms with Gasteiger partial charge in [0.2, 0.25) is 5.91 Å². The van der Waals surface area contributed by atoms with Crippen LogP contribution in [0.4, 0.5) is 0 Å². The number of rotatable bonds is 7. The van der Waals surface area contributed by atoms with E-state index in [1.807, 2.05) is 30.3 Å². The summed E-state index contributed by atoms with van der Waals surface area (Å²) in [6, 6.07) is 33.2. The quantitative estimate of drug-likeness (QED) is 0.329. The number of carbonyl (C=O) groups excluding carboxylic acids is 1. The fourth-order valence-electron chi connectivity index (χ4n) is 4.49. The number of amides is 1. The molecule has 0 aliphatic rings. The molecule has 5 rings (SSSR count). The molecule has 0 radical (unpaired) electrons. The second kappa shape index (κ2) is 9.11. The minimum absolute atomic E-state index is 0.0144. The van der Waals surface area contributed by atoms with E-state index >= 15 is 0 Å². The Labute approximate surface area is 187 Å². The van der Waals surface area contributed by atoms with Crippen LogP contribution in [-0.2, 0) is 11.2 Å². The van der Waals surface area contributed by atoms with Crippen molar-refractivity contribution < 1.29 is 9.21 Å². The van der Waals surface area contributed by atoms with Crippen LogP contribution < -0.4 is 5.32 Å². The third-order valence-electron chi connectivity index (χ3n) is 6.05. The number of hydrogen-bond donors (Lipinski definition) is 1. The average molecular weight is 420 g/mol. The third-order valence-corrected chi connectivity index (χ3v) is 6.05. The summed E-state index contributed by atoms with van der Waals surface area (Å²) in [7, 11) is 0. The van der Waals surface area contributed by atoms with Gasteiger partial charge < -0.3 is 9.73 Å². The summed E-state index contributed by atoms with van der Waals surface area (Å²) in [5.41, 5.74) is 4.28.